The van der Waals surface area contributed by atoms with E-state index in [4.69, 9.17) is 4.74 Å². The zero-order valence-corrected chi connectivity index (χ0v) is 12.3. The van der Waals surface area contributed by atoms with Crippen molar-refractivity contribution >= 4 is 17.5 Å². The van der Waals surface area contributed by atoms with Crippen LogP contribution in [0.3, 0.4) is 0 Å². The Morgan fingerprint density at radius 3 is 2.86 bits per heavy atom. The molecule has 1 aliphatic rings. The fraction of sp³-hybridized carbons (Fsp3) is 0.533. The fourth-order valence-corrected chi connectivity index (χ4v) is 2.63. The molecule has 0 unspecified atom stereocenters. The van der Waals surface area contributed by atoms with Gasteiger partial charge in [0.25, 0.3) is 5.69 Å². The second kappa shape index (κ2) is 6.56. The minimum absolute atomic E-state index is 0.0535. The average molecular weight is 292 g/mol. The number of nitro groups is 1. The van der Waals surface area contributed by atoms with E-state index in [0.717, 1.165) is 24.8 Å². The van der Waals surface area contributed by atoms with Crippen LogP contribution in [0.2, 0.25) is 0 Å². The molecule has 21 heavy (non-hydrogen) atoms. The number of hydrogen-bond acceptors (Lipinski definition) is 4. The summed E-state index contributed by atoms with van der Waals surface area (Å²) >= 11 is 0. The van der Waals surface area contributed by atoms with Crippen LogP contribution in [0.15, 0.2) is 18.2 Å². The van der Waals surface area contributed by atoms with Gasteiger partial charge in [-0.05, 0) is 37.7 Å². The highest BCUT2D eigenvalue weighted by molar-refractivity contribution is 5.86. The van der Waals surface area contributed by atoms with E-state index >= 15 is 0 Å². The molecule has 1 aliphatic carbocycles. The minimum Gasteiger partial charge on any atom is -0.446 e. The summed E-state index contributed by atoms with van der Waals surface area (Å²) in [5.41, 5.74) is 1.12. The lowest BCUT2D eigenvalue weighted by Gasteiger charge is -2.26. The molecule has 0 bridgehead atoms. The van der Waals surface area contributed by atoms with Crippen molar-refractivity contribution in [3.8, 4) is 0 Å². The first-order chi connectivity index (χ1) is 9.95. The van der Waals surface area contributed by atoms with E-state index in [-0.39, 0.29) is 11.8 Å². The third-order valence-electron chi connectivity index (χ3n) is 3.83. The van der Waals surface area contributed by atoms with Crippen LogP contribution >= 0.6 is 0 Å². The highest BCUT2D eigenvalue weighted by Gasteiger charge is 2.22. The second-order valence-corrected chi connectivity index (χ2v) is 5.68. The largest absolute Gasteiger partial charge is 0.446 e. The van der Waals surface area contributed by atoms with Gasteiger partial charge in [0.1, 0.15) is 6.10 Å². The summed E-state index contributed by atoms with van der Waals surface area (Å²) in [7, 11) is 0. The maximum atomic E-state index is 11.9. The maximum absolute atomic E-state index is 11.9. The Bertz CT molecular complexity index is 544. The first kappa shape index (κ1) is 15.3. The summed E-state index contributed by atoms with van der Waals surface area (Å²) in [6.07, 6.45) is 3.39. The standard InChI is InChI=1S/C15H20N2O4/c1-10-4-3-5-13(8-10)21-15(18)16-14-9-12(17(19)20)7-6-11(14)2/h6-7,9-10,13H,3-5,8H2,1-2H3,(H,16,18)/t10-,13+/m1/s1. The Balaban J connectivity index is 1.99. The van der Waals surface area contributed by atoms with Crippen LogP contribution in [-0.2, 0) is 4.74 Å². The van der Waals surface area contributed by atoms with Crippen LogP contribution in [0.25, 0.3) is 0 Å². The van der Waals surface area contributed by atoms with Gasteiger partial charge < -0.3 is 4.74 Å². The molecule has 1 fully saturated rings. The number of hydrogen-bond donors (Lipinski definition) is 1. The van der Waals surface area contributed by atoms with Gasteiger partial charge in [-0.25, -0.2) is 4.79 Å². The number of nitrogens with one attached hydrogen (secondary N) is 1. The lowest BCUT2D eigenvalue weighted by atomic mass is 9.89. The van der Waals surface area contributed by atoms with Crippen LogP contribution < -0.4 is 5.32 Å². The first-order valence-corrected chi connectivity index (χ1v) is 7.18. The number of nitro benzene ring substituents is 1. The number of aryl methyl sites for hydroxylation is 1. The molecule has 6 heteroatoms. The molecule has 114 valence electrons. The van der Waals surface area contributed by atoms with Crippen molar-refractivity contribution in [1.29, 1.82) is 0 Å². The normalized spacial score (nSPS) is 21.6. The fourth-order valence-electron chi connectivity index (χ4n) is 2.63. The Kier molecular flexibility index (Phi) is 4.77. The second-order valence-electron chi connectivity index (χ2n) is 5.68. The molecule has 0 aliphatic heterocycles. The van der Waals surface area contributed by atoms with Gasteiger partial charge >= 0.3 is 6.09 Å². The van der Waals surface area contributed by atoms with E-state index in [1.54, 1.807) is 13.0 Å². The zero-order valence-electron chi connectivity index (χ0n) is 12.3. The molecule has 6 nitrogen and oxygen atoms in total. The topological polar surface area (TPSA) is 81.5 Å². The van der Waals surface area contributed by atoms with Crippen molar-refractivity contribution in [2.24, 2.45) is 5.92 Å². The summed E-state index contributed by atoms with van der Waals surface area (Å²) in [6, 6.07) is 4.37. The lowest BCUT2D eigenvalue weighted by Crippen LogP contribution is -2.27. The van der Waals surface area contributed by atoms with E-state index in [2.05, 4.69) is 12.2 Å². The molecule has 0 saturated heterocycles. The number of ether oxygens (including phenoxy) is 1. The molecule has 0 heterocycles. The SMILES string of the molecule is Cc1ccc([N+](=O)[O-])cc1NC(=O)O[C@H]1CCC[C@@H](C)C1. The number of benzene rings is 1. The molecular formula is C15H20N2O4. The van der Waals surface area contributed by atoms with Crippen LogP contribution in [0.1, 0.15) is 38.2 Å². The Morgan fingerprint density at radius 2 is 2.19 bits per heavy atom. The van der Waals surface area contributed by atoms with Crippen LogP contribution in [0, 0.1) is 23.0 Å². The summed E-state index contributed by atoms with van der Waals surface area (Å²) in [5, 5.41) is 13.4. The van der Waals surface area contributed by atoms with Crippen molar-refractivity contribution in [2.45, 2.75) is 45.6 Å². The molecular weight excluding hydrogens is 272 g/mol. The Labute approximate surface area is 123 Å². The third kappa shape index (κ3) is 4.18. The molecule has 2 rings (SSSR count). The van der Waals surface area contributed by atoms with Crippen molar-refractivity contribution in [3.63, 3.8) is 0 Å². The van der Waals surface area contributed by atoms with E-state index in [1.807, 2.05) is 0 Å². The highest BCUT2D eigenvalue weighted by Crippen LogP contribution is 2.27. The van der Waals surface area contributed by atoms with Crippen molar-refractivity contribution in [3.05, 3.63) is 33.9 Å². The van der Waals surface area contributed by atoms with Gasteiger partial charge in [0.15, 0.2) is 0 Å². The van der Waals surface area contributed by atoms with Gasteiger partial charge in [-0.15, -0.1) is 0 Å². The number of nitrogens with zero attached hydrogens (tertiary/aromatic N) is 1. The predicted octanol–water partition coefficient (Wildman–Crippen LogP) is 4.03. The summed E-state index contributed by atoms with van der Waals surface area (Å²) in [5.74, 6) is 0.566. The number of rotatable bonds is 3. The molecule has 1 aromatic rings. The Hall–Kier alpha value is -2.11. The maximum Gasteiger partial charge on any atom is 0.411 e. The van der Waals surface area contributed by atoms with Crippen molar-refractivity contribution in [1.82, 2.24) is 0 Å². The Morgan fingerprint density at radius 1 is 1.43 bits per heavy atom. The van der Waals surface area contributed by atoms with Crippen molar-refractivity contribution < 1.29 is 14.5 Å². The van der Waals surface area contributed by atoms with Gasteiger partial charge in [-0.3, -0.25) is 15.4 Å². The van der Waals surface area contributed by atoms with Crippen LogP contribution in [0.4, 0.5) is 16.2 Å². The third-order valence-corrected chi connectivity index (χ3v) is 3.83. The minimum atomic E-state index is -0.544. The van der Waals surface area contributed by atoms with E-state index in [1.165, 1.54) is 18.6 Å². The van der Waals surface area contributed by atoms with Gasteiger partial charge in [0.2, 0.25) is 0 Å². The van der Waals surface area contributed by atoms with E-state index < -0.39 is 11.0 Å². The molecule has 0 spiro atoms. The van der Waals surface area contributed by atoms with Crippen LogP contribution in [-0.4, -0.2) is 17.1 Å². The average Bonchev–Trinajstić information content (AvgIpc) is 2.41. The van der Waals surface area contributed by atoms with Crippen LogP contribution in [0.5, 0.6) is 0 Å². The molecule has 1 saturated carbocycles. The monoisotopic (exact) mass is 292 g/mol. The summed E-state index contributed by atoms with van der Waals surface area (Å²) < 4.78 is 5.40. The number of carbonyl (C=O) groups excluding carboxylic acids is 1. The molecule has 0 radical (unpaired) electrons. The van der Waals surface area contributed by atoms with E-state index in [9.17, 15) is 14.9 Å². The summed E-state index contributed by atoms with van der Waals surface area (Å²) in [4.78, 5) is 22.2. The molecule has 0 aromatic heterocycles. The lowest BCUT2D eigenvalue weighted by molar-refractivity contribution is -0.384. The zero-order chi connectivity index (χ0) is 15.4. The quantitative estimate of drug-likeness (QED) is 0.673. The van der Waals surface area contributed by atoms with Crippen molar-refractivity contribution in [2.75, 3.05) is 5.32 Å². The van der Waals surface area contributed by atoms with Gasteiger partial charge in [0.05, 0.1) is 10.6 Å². The first-order valence-electron chi connectivity index (χ1n) is 7.18. The van der Waals surface area contributed by atoms with Gasteiger partial charge in [-0.1, -0.05) is 19.4 Å². The predicted molar refractivity (Wildman–Crippen MR) is 79.4 cm³/mol. The molecule has 2 atom stereocenters. The van der Waals surface area contributed by atoms with Gasteiger partial charge in [-0.2, -0.15) is 0 Å². The van der Waals surface area contributed by atoms with E-state index in [0.29, 0.717) is 11.6 Å². The molecule has 1 aromatic carbocycles. The highest BCUT2D eigenvalue weighted by atomic mass is 16.6. The molecule has 1 amide bonds. The number of anilines is 1. The summed E-state index contributed by atoms with van der Waals surface area (Å²) in [6.45, 7) is 3.93. The smallest absolute Gasteiger partial charge is 0.411 e. The van der Waals surface area contributed by atoms with Gasteiger partial charge in [0, 0.05) is 12.1 Å². The molecule has 1 N–H and O–H groups in total. The number of amides is 1. The number of carbonyl (C=O) groups is 1. The number of non-ortho nitro benzene ring substituents is 1.